The number of likely N-dealkylation sites (tertiary alicyclic amines) is 1. The van der Waals surface area contributed by atoms with Crippen LogP contribution in [0.3, 0.4) is 0 Å². The first-order valence-corrected chi connectivity index (χ1v) is 16.0. The molecule has 0 spiro atoms. The van der Waals surface area contributed by atoms with Gasteiger partial charge in [0.2, 0.25) is 5.91 Å². The second-order valence-electron chi connectivity index (χ2n) is 11.3. The van der Waals surface area contributed by atoms with Gasteiger partial charge >= 0.3 is 0 Å². The van der Waals surface area contributed by atoms with Crippen molar-refractivity contribution in [2.75, 3.05) is 58.8 Å². The van der Waals surface area contributed by atoms with Gasteiger partial charge in [-0.25, -0.2) is 9.97 Å². The molecule has 6 rings (SSSR count). The minimum Gasteiger partial charge on any atom is -0.493 e. The lowest BCUT2D eigenvalue weighted by Crippen LogP contribution is -2.48. The molecule has 2 aromatic carbocycles. The zero-order valence-corrected chi connectivity index (χ0v) is 25.9. The summed E-state index contributed by atoms with van der Waals surface area (Å²) in [6, 6.07) is 14.6. The smallest absolute Gasteiger partial charge is 0.223 e. The molecule has 2 saturated heterocycles. The highest BCUT2D eigenvalue weighted by atomic mass is 32.1. The molecule has 0 unspecified atom stereocenters. The molecule has 0 aliphatic carbocycles. The first kappa shape index (κ1) is 29.4. The van der Waals surface area contributed by atoms with Gasteiger partial charge in [0.15, 0.2) is 16.6 Å². The predicted molar refractivity (Wildman–Crippen MR) is 170 cm³/mol. The molecule has 228 valence electrons. The van der Waals surface area contributed by atoms with Crippen LogP contribution < -0.4 is 14.8 Å². The first-order chi connectivity index (χ1) is 21.1. The van der Waals surface area contributed by atoms with Crippen molar-refractivity contribution in [1.29, 1.82) is 0 Å². The third-order valence-corrected chi connectivity index (χ3v) is 9.35. The van der Waals surface area contributed by atoms with E-state index in [0.29, 0.717) is 18.9 Å². The zero-order chi connectivity index (χ0) is 29.6. The van der Waals surface area contributed by atoms with Crippen LogP contribution in [0.2, 0.25) is 0 Å². The number of nitrogens with one attached hydrogen (secondary N) is 2. The van der Waals surface area contributed by atoms with Crippen molar-refractivity contribution >= 4 is 33.4 Å². The summed E-state index contributed by atoms with van der Waals surface area (Å²) in [6.45, 7) is 6.93. The predicted octanol–water partition coefficient (Wildman–Crippen LogP) is 4.39. The SMILES string of the molecule is COc1ccc(CN2CCC[C@H]2CNc2nc(CN3CCN(C(=O)CCc4nc5ccccc5[nH]4)CC3)cs2)cc1OC. The van der Waals surface area contributed by atoms with Gasteiger partial charge in [0.05, 0.1) is 30.9 Å². The molecule has 2 aromatic heterocycles. The molecule has 10 nitrogen and oxygen atoms in total. The number of rotatable bonds is 12. The van der Waals surface area contributed by atoms with E-state index in [1.165, 1.54) is 18.4 Å². The molecule has 4 aromatic rings. The third kappa shape index (κ3) is 7.29. The standard InChI is InChI=1S/C32H41N7O3S/c1-41-28-10-9-23(18-29(28)42-2)20-39-13-5-6-25(39)19-33-32-34-24(22-43-32)21-37-14-16-38(17-15-37)31(40)12-11-30-35-26-7-3-4-8-27(26)36-30/h3-4,7-10,18,22,25H,5-6,11-17,19-21H2,1-2H3,(H,33,34)(H,35,36)/t25-/m0/s1. The van der Waals surface area contributed by atoms with E-state index in [9.17, 15) is 4.79 Å². The Balaban J connectivity index is 0.925. The van der Waals surface area contributed by atoms with Gasteiger partial charge in [0.1, 0.15) is 5.82 Å². The largest absolute Gasteiger partial charge is 0.493 e. The van der Waals surface area contributed by atoms with Crippen LogP contribution in [-0.4, -0.2) is 95.1 Å². The number of amides is 1. The molecular weight excluding hydrogens is 562 g/mol. The average molecular weight is 604 g/mol. The number of aromatic amines is 1. The van der Waals surface area contributed by atoms with Crippen molar-refractivity contribution < 1.29 is 14.3 Å². The number of H-pyrrole nitrogens is 1. The second kappa shape index (κ2) is 13.7. The number of piperazine rings is 1. The minimum atomic E-state index is 0.201. The molecule has 2 aliphatic rings. The second-order valence-corrected chi connectivity index (χ2v) is 12.2. The first-order valence-electron chi connectivity index (χ1n) is 15.1. The molecule has 0 saturated carbocycles. The van der Waals surface area contributed by atoms with Gasteiger partial charge < -0.3 is 24.7 Å². The van der Waals surface area contributed by atoms with Gasteiger partial charge in [-0.05, 0) is 49.2 Å². The molecule has 1 atom stereocenters. The number of anilines is 1. The molecule has 0 bridgehead atoms. The van der Waals surface area contributed by atoms with Crippen molar-refractivity contribution in [1.82, 2.24) is 29.7 Å². The molecular formula is C32H41N7O3S. The van der Waals surface area contributed by atoms with E-state index >= 15 is 0 Å². The maximum absolute atomic E-state index is 12.8. The van der Waals surface area contributed by atoms with Crippen LogP contribution in [0.15, 0.2) is 47.8 Å². The summed E-state index contributed by atoms with van der Waals surface area (Å²) in [5.41, 5.74) is 4.29. The van der Waals surface area contributed by atoms with Crippen molar-refractivity contribution in [2.45, 2.75) is 44.8 Å². The van der Waals surface area contributed by atoms with Crippen molar-refractivity contribution in [2.24, 2.45) is 0 Å². The molecule has 2 N–H and O–H groups in total. The summed E-state index contributed by atoms with van der Waals surface area (Å²) in [4.78, 5) is 32.6. The molecule has 2 fully saturated rings. The summed E-state index contributed by atoms with van der Waals surface area (Å²) < 4.78 is 10.9. The lowest BCUT2D eigenvalue weighted by atomic mass is 10.1. The van der Waals surface area contributed by atoms with Gasteiger partial charge in [0, 0.05) is 70.1 Å². The fourth-order valence-electron chi connectivity index (χ4n) is 6.11. The molecule has 4 heterocycles. The topological polar surface area (TPSA) is 98.9 Å². The molecule has 0 radical (unpaired) electrons. The monoisotopic (exact) mass is 603 g/mol. The Hall–Kier alpha value is -3.67. The van der Waals surface area contributed by atoms with Crippen molar-refractivity contribution in [3.8, 4) is 11.5 Å². The number of ether oxygens (including phenoxy) is 2. The fraction of sp³-hybridized carbons (Fsp3) is 0.469. The maximum Gasteiger partial charge on any atom is 0.223 e. The van der Waals surface area contributed by atoms with Gasteiger partial charge in [-0.1, -0.05) is 18.2 Å². The zero-order valence-electron chi connectivity index (χ0n) is 25.1. The Morgan fingerprint density at radius 3 is 2.67 bits per heavy atom. The summed E-state index contributed by atoms with van der Waals surface area (Å²) in [5, 5.41) is 6.74. The van der Waals surface area contributed by atoms with E-state index in [1.54, 1.807) is 25.6 Å². The number of hydrogen-bond donors (Lipinski definition) is 2. The van der Waals surface area contributed by atoms with Crippen LogP contribution in [0.4, 0.5) is 5.13 Å². The number of imidazole rings is 1. The number of carbonyl (C=O) groups is 1. The number of benzene rings is 2. The van der Waals surface area contributed by atoms with Crippen LogP contribution in [0, 0.1) is 0 Å². The number of carbonyl (C=O) groups excluding carboxylic acids is 1. The molecule has 43 heavy (non-hydrogen) atoms. The summed E-state index contributed by atoms with van der Waals surface area (Å²) >= 11 is 1.68. The van der Waals surface area contributed by atoms with E-state index in [1.807, 2.05) is 35.2 Å². The van der Waals surface area contributed by atoms with Gasteiger partial charge in [-0.2, -0.15) is 0 Å². The quantitative estimate of drug-likeness (QED) is 0.246. The Kier molecular flexibility index (Phi) is 9.40. The lowest BCUT2D eigenvalue weighted by Gasteiger charge is -2.34. The van der Waals surface area contributed by atoms with Crippen LogP contribution in [0.5, 0.6) is 11.5 Å². The molecule has 1 amide bonds. The number of thiazole rings is 1. The van der Waals surface area contributed by atoms with Crippen LogP contribution in [0.25, 0.3) is 11.0 Å². The molecule has 11 heteroatoms. The van der Waals surface area contributed by atoms with Gasteiger partial charge in [-0.3, -0.25) is 14.6 Å². The Morgan fingerprint density at radius 2 is 1.86 bits per heavy atom. The third-order valence-electron chi connectivity index (χ3n) is 8.50. The van der Waals surface area contributed by atoms with E-state index in [-0.39, 0.29) is 5.91 Å². The highest BCUT2D eigenvalue weighted by Gasteiger charge is 2.25. The van der Waals surface area contributed by atoms with Crippen molar-refractivity contribution in [3.05, 3.63) is 64.9 Å². The van der Waals surface area contributed by atoms with E-state index in [2.05, 4.69) is 42.6 Å². The Morgan fingerprint density at radius 1 is 1.02 bits per heavy atom. The fourth-order valence-corrected chi connectivity index (χ4v) is 6.82. The Bertz CT molecular complexity index is 1480. The van der Waals surface area contributed by atoms with Crippen LogP contribution in [0.1, 0.15) is 36.3 Å². The number of aromatic nitrogens is 3. The van der Waals surface area contributed by atoms with E-state index in [4.69, 9.17) is 14.5 Å². The molecule has 2 aliphatic heterocycles. The number of fused-ring (bicyclic) bond motifs is 1. The van der Waals surface area contributed by atoms with Gasteiger partial charge in [0.25, 0.3) is 0 Å². The van der Waals surface area contributed by atoms with E-state index < -0.39 is 0 Å². The van der Waals surface area contributed by atoms with Gasteiger partial charge in [-0.15, -0.1) is 11.3 Å². The van der Waals surface area contributed by atoms with E-state index in [0.717, 1.165) is 91.5 Å². The number of hydrogen-bond acceptors (Lipinski definition) is 9. The summed E-state index contributed by atoms with van der Waals surface area (Å²) in [7, 11) is 3.35. The number of methoxy groups -OCH3 is 2. The maximum atomic E-state index is 12.8. The number of aryl methyl sites for hydroxylation is 1. The number of nitrogens with zero attached hydrogens (tertiary/aromatic N) is 5. The summed E-state index contributed by atoms with van der Waals surface area (Å²) in [6.07, 6.45) is 3.50. The normalized spacial score (nSPS) is 17.9. The Labute approximate surface area is 257 Å². The highest BCUT2D eigenvalue weighted by molar-refractivity contribution is 7.13. The lowest BCUT2D eigenvalue weighted by molar-refractivity contribution is -0.133. The average Bonchev–Trinajstić information content (AvgIpc) is 3.79. The summed E-state index contributed by atoms with van der Waals surface area (Å²) in [5.74, 6) is 2.61. The van der Waals surface area contributed by atoms with Crippen LogP contribution >= 0.6 is 11.3 Å². The van der Waals surface area contributed by atoms with Crippen LogP contribution in [-0.2, 0) is 24.3 Å². The minimum absolute atomic E-state index is 0.201. The highest BCUT2D eigenvalue weighted by Crippen LogP contribution is 2.29. The number of para-hydroxylation sites is 2. The van der Waals surface area contributed by atoms with Crippen molar-refractivity contribution in [3.63, 3.8) is 0 Å².